The van der Waals surface area contributed by atoms with Crippen molar-refractivity contribution >= 4 is 23.6 Å². The molecule has 0 aliphatic carbocycles. The molecule has 0 radical (unpaired) electrons. The third-order valence-corrected chi connectivity index (χ3v) is 2.58. The molecule has 1 aromatic carbocycles. The Morgan fingerprint density at radius 1 is 1.38 bits per heavy atom. The number of nitrogens with zero attached hydrogens (tertiary/aromatic N) is 1. The molecule has 1 aromatic rings. The summed E-state index contributed by atoms with van der Waals surface area (Å²) in [6.45, 7) is -0.384. The highest BCUT2D eigenvalue weighted by Crippen LogP contribution is 2.18. The highest BCUT2D eigenvalue weighted by atomic mass is 16.6. The van der Waals surface area contributed by atoms with Crippen molar-refractivity contribution in [3.05, 3.63) is 46.0 Å². The molecule has 1 amide bonds. The number of carboxylic acids is 1. The smallest absolute Gasteiger partial charge is 0.326 e. The Hall–Kier alpha value is -2.74. The Balaban J connectivity index is 2.79. The largest absolute Gasteiger partial charge is 0.480 e. The molecule has 3 N–H and O–H groups in total. The summed E-state index contributed by atoms with van der Waals surface area (Å²) in [7, 11) is 0. The van der Waals surface area contributed by atoms with Crippen molar-refractivity contribution in [2.24, 2.45) is 0 Å². The number of nitro groups is 1. The number of aliphatic hydroxyl groups is 1. The van der Waals surface area contributed by atoms with Crippen LogP contribution in [-0.2, 0) is 9.59 Å². The van der Waals surface area contributed by atoms with Gasteiger partial charge in [0.05, 0.1) is 10.5 Å². The van der Waals surface area contributed by atoms with E-state index >= 15 is 0 Å². The fourth-order valence-corrected chi connectivity index (χ4v) is 1.57. The number of carboxylic acid groups (broad SMARTS) is 1. The molecular weight excluding hydrogens is 280 g/mol. The first-order chi connectivity index (χ1) is 9.95. The summed E-state index contributed by atoms with van der Waals surface area (Å²) in [5, 5.41) is 30.5. The van der Waals surface area contributed by atoms with Gasteiger partial charge in [-0.25, -0.2) is 4.79 Å². The number of nitro benzene ring substituents is 1. The Labute approximate surface area is 119 Å². The molecule has 8 nitrogen and oxygen atoms in total. The summed E-state index contributed by atoms with van der Waals surface area (Å²) >= 11 is 0. The lowest BCUT2D eigenvalue weighted by Crippen LogP contribution is -2.40. The van der Waals surface area contributed by atoms with Crippen LogP contribution in [0.25, 0.3) is 6.08 Å². The van der Waals surface area contributed by atoms with E-state index < -0.39 is 22.8 Å². The number of aliphatic hydroxyl groups excluding tert-OH is 1. The van der Waals surface area contributed by atoms with Crippen LogP contribution in [0.5, 0.6) is 0 Å². The number of hydrogen-bond acceptors (Lipinski definition) is 5. The van der Waals surface area contributed by atoms with Crippen LogP contribution in [-0.4, -0.2) is 39.7 Å². The van der Waals surface area contributed by atoms with Crippen LogP contribution in [0.4, 0.5) is 5.69 Å². The maximum Gasteiger partial charge on any atom is 0.326 e. The fourth-order valence-electron chi connectivity index (χ4n) is 1.57. The monoisotopic (exact) mass is 294 g/mol. The lowest BCUT2D eigenvalue weighted by Gasteiger charge is -2.11. The van der Waals surface area contributed by atoms with E-state index in [1.54, 1.807) is 6.07 Å². The van der Waals surface area contributed by atoms with Crippen molar-refractivity contribution < 1.29 is 24.7 Å². The molecule has 0 aromatic heterocycles. The average Bonchev–Trinajstić information content (AvgIpc) is 2.44. The maximum absolute atomic E-state index is 11.6. The molecule has 0 saturated carbocycles. The van der Waals surface area contributed by atoms with Gasteiger partial charge in [-0.2, -0.15) is 0 Å². The van der Waals surface area contributed by atoms with E-state index in [1.165, 1.54) is 24.3 Å². The molecule has 21 heavy (non-hydrogen) atoms. The number of benzene rings is 1. The van der Waals surface area contributed by atoms with Crippen LogP contribution >= 0.6 is 0 Å². The van der Waals surface area contributed by atoms with Crippen molar-refractivity contribution in [3.8, 4) is 0 Å². The Morgan fingerprint density at radius 3 is 2.62 bits per heavy atom. The molecule has 1 unspecified atom stereocenters. The zero-order valence-corrected chi connectivity index (χ0v) is 10.9. The van der Waals surface area contributed by atoms with Crippen molar-refractivity contribution in [2.75, 3.05) is 6.61 Å². The van der Waals surface area contributed by atoms with Crippen molar-refractivity contribution in [1.82, 2.24) is 5.32 Å². The molecule has 0 heterocycles. The van der Waals surface area contributed by atoms with Gasteiger partial charge in [0, 0.05) is 25.2 Å². The first-order valence-electron chi connectivity index (χ1n) is 6.01. The van der Waals surface area contributed by atoms with Crippen LogP contribution in [0.1, 0.15) is 12.0 Å². The molecule has 1 atom stereocenters. The van der Waals surface area contributed by atoms with E-state index in [0.717, 1.165) is 6.08 Å². The van der Waals surface area contributed by atoms with Gasteiger partial charge in [0.1, 0.15) is 6.04 Å². The summed E-state index contributed by atoms with van der Waals surface area (Å²) in [5.41, 5.74) is 0.0679. The highest BCUT2D eigenvalue weighted by molar-refractivity contribution is 5.94. The SMILES string of the molecule is O=C(C=Cc1ccccc1[N+](=O)[O-])NC(CCO)C(=O)O. The van der Waals surface area contributed by atoms with Crippen LogP contribution in [0.15, 0.2) is 30.3 Å². The van der Waals surface area contributed by atoms with Crippen LogP contribution in [0.2, 0.25) is 0 Å². The molecule has 1 rings (SSSR count). The molecule has 0 aliphatic rings. The molecule has 0 spiro atoms. The summed E-state index contributed by atoms with van der Waals surface area (Å²) in [5.74, 6) is -1.98. The highest BCUT2D eigenvalue weighted by Gasteiger charge is 2.18. The van der Waals surface area contributed by atoms with Gasteiger partial charge in [0.15, 0.2) is 0 Å². The first-order valence-corrected chi connectivity index (χ1v) is 6.01. The second-order valence-corrected chi connectivity index (χ2v) is 4.06. The minimum atomic E-state index is -1.27. The fraction of sp³-hybridized carbons (Fsp3) is 0.231. The number of carbonyl (C=O) groups excluding carboxylic acids is 1. The average molecular weight is 294 g/mol. The predicted octanol–water partition coefficient (Wildman–Crippen LogP) is 0.560. The zero-order chi connectivity index (χ0) is 15.8. The van der Waals surface area contributed by atoms with Crippen molar-refractivity contribution in [2.45, 2.75) is 12.5 Å². The number of rotatable bonds is 7. The van der Waals surface area contributed by atoms with E-state index in [0.29, 0.717) is 0 Å². The number of amides is 1. The van der Waals surface area contributed by atoms with E-state index in [2.05, 4.69) is 5.32 Å². The topological polar surface area (TPSA) is 130 Å². The van der Waals surface area contributed by atoms with Gasteiger partial charge in [0.25, 0.3) is 5.69 Å². The summed E-state index contributed by atoms with van der Waals surface area (Å²) < 4.78 is 0. The van der Waals surface area contributed by atoms with Crippen LogP contribution in [0, 0.1) is 10.1 Å². The van der Waals surface area contributed by atoms with E-state index in [9.17, 15) is 19.7 Å². The molecule has 8 heteroatoms. The lowest BCUT2D eigenvalue weighted by molar-refractivity contribution is -0.385. The number of carbonyl (C=O) groups is 2. The second kappa shape index (κ2) is 7.75. The molecule has 112 valence electrons. The zero-order valence-electron chi connectivity index (χ0n) is 10.9. The summed E-state index contributed by atoms with van der Waals surface area (Å²) in [4.78, 5) is 32.6. The number of aliphatic carboxylic acids is 1. The summed E-state index contributed by atoms with van der Waals surface area (Å²) in [6, 6.07) is 4.62. The molecule has 0 fully saturated rings. The third-order valence-electron chi connectivity index (χ3n) is 2.58. The minimum absolute atomic E-state index is 0.125. The van der Waals surface area contributed by atoms with E-state index in [-0.39, 0.29) is 24.3 Å². The van der Waals surface area contributed by atoms with Gasteiger partial charge in [-0.3, -0.25) is 14.9 Å². The minimum Gasteiger partial charge on any atom is -0.480 e. The van der Waals surface area contributed by atoms with Crippen LogP contribution < -0.4 is 5.32 Å². The van der Waals surface area contributed by atoms with Gasteiger partial charge in [-0.15, -0.1) is 0 Å². The maximum atomic E-state index is 11.6. The number of hydrogen-bond donors (Lipinski definition) is 3. The van der Waals surface area contributed by atoms with Crippen LogP contribution in [0.3, 0.4) is 0 Å². The number of nitrogens with one attached hydrogen (secondary N) is 1. The van der Waals surface area contributed by atoms with Gasteiger partial charge in [0.2, 0.25) is 5.91 Å². The van der Waals surface area contributed by atoms with Crippen molar-refractivity contribution in [1.29, 1.82) is 0 Å². The normalized spacial score (nSPS) is 12.0. The van der Waals surface area contributed by atoms with Gasteiger partial charge in [-0.1, -0.05) is 12.1 Å². The van der Waals surface area contributed by atoms with Gasteiger partial charge >= 0.3 is 5.97 Å². The van der Waals surface area contributed by atoms with Crippen molar-refractivity contribution in [3.63, 3.8) is 0 Å². The predicted molar refractivity (Wildman–Crippen MR) is 73.4 cm³/mol. The third kappa shape index (κ3) is 5.03. The van der Waals surface area contributed by atoms with E-state index in [4.69, 9.17) is 10.2 Å². The molecular formula is C13H14N2O6. The standard InChI is InChI=1S/C13H14N2O6/c16-8-7-10(13(18)19)14-12(17)6-5-9-3-1-2-4-11(9)15(20)21/h1-6,10,16H,7-8H2,(H,14,17)(H,18,19). The molecule has 0 saturated heterocycles. The Kier molecular flexibility index (Phi) is 6.02. The van der Waals surface area contributed by atoms with E-state index in [1.807, 2.05) is 0 Å². The van der Waals surface area contributed by atoms with Gasteiger partial charge < -0.3 is 15.5 Å². The number of para-hydroxylation sites is 1. The molecule has 0 bridgehead atoms. The summed E-state index contributed by atoms with van der Waals surface area (Å²) in [6.07, 6.45) is 2.11. The Morgan fingerprint density at radius 2 is 2.05 bits per heavy atom. The quantitative estimate of drug-likeness (QED) is 0.382. The second-order valence-electron chi connectivity index (χ2n) is 4.06. The first kappa shape index (κ1) is 16.3. The lowest BCUT2D eigenvalue weighted by atomic mass is 10.1. The Bertz CT molecular complexity index is 570. The van der Waals surface area contributed by atoms with Gasteiger partial charge in [-0.05, 0) is 12.1 Å². The molecule has 0 aliphatic heterocycles.